The molecule has 96 valence electrons. The van der Waals surface area contributed by atoms with Crippen LogP contribution in [0.3, 0.4) is 0 Å². The molecule has 1 N–H and O–H groups in total. The lowest BCUT2D eigenvalue weighted by molar-refractivity contribution is 0.164. The Morgan fingerprint density at radius 3 is 2.65 bits per heavy atom. The maximum atomic E-state index is 5.95. The van der Waals surface area contributed by atoms with Crippen molar-refractivity contribution in [3.8, 4) is 0 Å². The van der Waals surface area contributed by atoms with Gasteiger partial charge < -0.3 is 10.1 Å². The van der Waals surface area contributed by atoms with Gasteiger partial charge in [0.1, 0.15) is 0 Å². The molecule has 0 saturated carbocycles. The lowest BCUT2D eigenvalue weighted by Gasteiger charge is -2.16. The average Bonchev–Trinajstić information content (AvgIpc) is 2.31. The van der Waals surface area contributed by atoms with Crippen LogP contribution in [0.5, 0.6) is 0 Å². The van der Waals surface area contributed by atoms with Gasteiger partial charge in [-0.2, -0.15) is 0 Å². The highest BCUT2D eigenvalue weighted by Crippen LogP contribution is 2.22. The summed E-state index contributed by atoms with van der Waals surface area (Å²) in [5.74, 6) is 0.613. The summed E-state index contributed by atoms with van der Waals surface area (Å²) in [5.41, 5.74) is 1.09. The molecule has 0 bridgehead atoms. The topological polar surface area (TPSA) is 21.3 Å². The number of benzene rings is 1. The third kappa shape index (κ3) is 5.45. The molecule has 0 radical (unpaired) electrons. The summed E-state index contributed by atoms with van der Waals surface area (Å²) in [4.78, 5) is 0. The van der Waals surface area contributed by atoms with Gasteiger partial charge in [-0.25, -0.2) is 0 Å². The number of hydrogen-bond donors (Lipinski definition) is 1. The summed E-state index contributed by atoms with van der Waals surface area (Å²) >= 11 is 17.5. The molecule has 0 amide bonds. The summed E-state index contributed by atoms with van der Waals surface area (Å²) in [6.45, 7) is 1.37. The number of hydrogen-bond acceptors (Lipinski definition) is 2. The summed E-state index contributed by atoms with van der Waals surface area (Å²) in [6.07, 6.45) is 0.872. The van der Waals surface area contributed by atoms with Crippen molar-refractivity contribution < 1.29 is 4.74 Å². The number of halogens is 3. The second kappa shape index (κ2) is 8.17. The van der Waals surface area contributed by atoms with E-state index in [1.165, 1.54) is 0 Å². The van der Waals surface area contributed by atoms with E-state index in [1.807, 2.05) is 12.1 Å². The molecule has 0 aliphatic heterocycles. The highest BCUT2D eigenvalue weighted by atomic mass is 35.5. The molecule has 0 aliphatic rings. The third-order valence-electron chi connectivity index (χ3n) is 2.40. The summed E-state index contributed by atoms with van der Waals surface area (Å²) < 4.78 is 5.12. The van der Waals surface area contributed by atoms with Gasteiger partial charge >= 0.3 is 0 Å². The van der Waals surface area contributed by atoms with E-state index >= 15 is 0 Å². The molecule has 5 heteroatoms. The van der Waals surface area contributed by atoms with Gasteiger partial charge in [-0.15, -0.1) is 11.6 Å². The predicted molar refractivity (Wildman–Crippen MR) is 74.3 cm³/mol. The number of nitrogens with one attached hydrogen (secondary N) is 1. The Hall–Kier alpha value is 0.01000. The van der Waals surface area contributed by atoms with Crippen LogP contribution in [-0.4, -0.2) is 25.6 Å². The minimum atomic E-state index is 0.256. The average molecular weight is 297 g/mol. The normalized spacial score (nSPS) is 12.7. The maximum Gasteiger partial charge on any atom is 0.0616 e. The Kier molecular flexibility index (Phi) is 7.24. The zero-order valence-electron chi connectivity index (χ0n) is 9.68. The van der Waals surface area contributed by atoms with Gasteiger partial charge in [0.15, 0.2) is 0 Å². The Morgan fingerprint density at radius 1 is 1.29 bits per heavy atom. The van der Waals surface area contributed by atoms with Crippen LogP contribution in [-0.2, 0) is 11.3 Å². The first-order valence-electron chi connectivity index (χ1n) is 5.39. The molecular weight excluding hydrogens is 280 g/mol. The van der Waals surface area contributed by atoms with E-state index in [0.29, 0.717) is 22.5 Å². The molecule has 0 fully saturated rings. The molecule has 0 spiro atoms. The molecule has 0 aliphatic carbocycles. The largest absolute Gasteiger partial charge is 0.383 e. The first-order valence-corrected chi connectivity index (χ1v) is 6.68. The summed E-state index contributed by atoms with van der Waals surface area (Å²) in [6, 6.07) is 5.87. The van der Waals surface area contributed by atoms with Crippen LogP contribution < -0.4 is 5.32 Å². The van der Waals surface area contributed by atoms with Crippen LogP contribution in [0.2, 0.25) is 10.0 Å². The van der Waals surface area contributed by atoms with E-state index in [-0.39, 0.29) is 6.04 Å². The minimum absolute atomic E-state index is 0.256. The van der Waals surface area contributed by atoms with Crippen LogP contribution in [0.4, 0.5) is 0 Å². The Morgan fingerprint density at radius 2 is 2.06 bits per heavy atom. The van der Waals surface area contributed by atoms with Gasteiger partial charge in [0, 0.05) is 25.6 Å². The molecule has 0 aromatic heterocycles. The van der Waals surface area contributed by atoms with Crippen molar-refractivity contribution in [1.29, 1.82) is 0 Å². The van der Waals surface area contributed by atoms with Crippen LogP contribution in [0.25, 0.3) is 0 Å². The van der Waals surface area contributed by atoms with Gasteiger partial charge in [0.05, 0.1) is 16.7 Å². The quantitative estimate of drug-likeness (QED) is 0.774. The molecule has 1 aromatic rings. The summed E-state index contributed by atoms with van der Waals surface area (Å²) in [5, 5.41) is 4.52. The smallest absolute Gasteiger partial charge is 0.0616 e. The first kappa shape index (κ1) is 15.1. The van der Waals surface area contributed by atoms with Crippen LogP contribution in [0, 0.1) is 0 Å². The van der Waals surface area contributed by atoms with E-state index in [9.17, 15) is 0 Å². The highest BCUT2D eigenvalue weighted by molar-refractivity contribution is 6.42. The number of rotatable bonds is 7. The molecule has 1 unspecified atom stereocenters. The molecule has 0 heterocycles. The molecule has 2 nitrogen and oxygen atoms in total. The van der Waals surface area contributed by atoms with Gasteiger partial charge in [0.2, 0.25) is 0 Å². The monoisotopic (exact) mass is 295 g/mol. The fraction of sp³-hybridized carbons (Fsp3) is 0.500. The van der Waals surface area contributed by atoms with E-state index < -0.39 is 0 Å². The van der Waals surface area contributed by atoms with Crippen molar-refractivity contribution in [3.05, 3.63) is 33.8 Å². The molecule has 1 atom stereocenters. The van der Waals surface area contributed by atoms with E-state index in [1.54, 1.807) is 13.2 Å². The fourth-order valence-electron chi connectivity index (χ4n) is 1.49. The third-order valence-corrected chi connectivity index (χ3v) is 3.36. The van der Waals surface area contributed by atoms with Crippen LogP contribution >= 0.6 is 34.8 Å². The maximum absolute atomic E-state index is 5.95. The molecular formula is C12H16Cl3NO. The molecule has 1 rings (SSSR count). The molecule has 17 heavy (non-hydrogen) atoms. The fourth-order valence-corrected chi connectivity index (χ4v) is 2.07. The van der Waals surface area contributed by atoms with E-state index in [2.05, 4.69) is 5.32 Å². The van der Waals surface area contributed by atoms with Gasteiger partial charge in [-0.1, -0.05) is 29.3 Å². The van der Waals surface area contributed by atoms with Gasteiger partial charge in [0.25, 0.3) is 0 Å². The SMILES string of the molecule is COCC(CCCl)NCc1ccc(Cl)c(Cl)c1. The highest BCUT2D eigenvalue weighted by Gasteiger charge is 2.07. The Labute approximate surface area is 117 Å². The van der Waals surface area contributed by atoms with Gasteiger partial charge in [-0.3, -0.25) is 0 Å². The van der Waals surface area contributed by atoms with E-state index in [4.69, 9.17) is 39.5 Å². The number of methoxy groups -OCH3 is 1. The zero-order valence-corrected chi connectivity index (χ0v) is 11.9. The van der Waals surface area contributed by atoms with Crippen molar-refractivity contribution >= 4 is 34.8 Å². The van der Waals surface area contributed by atoms with Crippen molar-refractivity contribution in [1.82, 2.24) is 5.32 Å². The minimum Gasteiger partial charge on any atom is -0.383 e. The Bertz CT molecular complexity index is 341. The number of alkyl halides is 1. The first-order chi connectivity index (χ1) is 8.17. The van der Waals surface area contributed by atoms with Crippen molar-refractivity contribution in [2.45, 2.75) is 19.0 Å². The predicted octanol–water partition coefficient (Wildman–Crippen LogP) is 3.73. The van der Waals surface area contributed by atoms with Crippen LogP contribution in [0.15, 0.2) is 18.2 Å². The van der Waals surface area contributed by atoms with Crippen molar-refractivity contribution in [3.63, 3.8) is 0 Å². The Balaban J connectivity index is 2.49. The van der Waals surface area contributed by atoms with Crippen molar-refractivity contribution in [2.24, 2.45) is 0 Å². The standard InChI is InChI=1S/C12H16Cl3NO/c1-17-8-10(4-5-13)16-7-9-2-3-11(14)12(15)6-9/h2-3,6,10,16H,4-5,7-8H2,1H3. The second-order valence-electron chi connectivity index (χ2n) is 3.76. The van der Waals surface area contributed by atoms with E-state index in [0.717, 1.165) is 18.5 Å². The zero-order chi connectivity index (χ0) is 12.7. The summed E-state index contributed by atoms with van der Waals surface area (Å²) in [7, 11) is 1.68. The lowest BCUT2D eigenvalue weighted by atomic mass is 10.2. The lowest BCUT2D eigenvalue weighted by Crippen LogP contribution is -2.33. The van der Waals surface area contributed by atoms with Crippen molar-refractivity contribution in [2.75, 3.05) is 19.6 Å². The second-order valence-corrected chi connectivity index (χ2v) is 4.95. The number of ether oxygens (including phenoxy) is 1. The molecule has 1 aromatic carbocycles. The van der Waals surface area contributed by atoms with Gasteiger partial charge in [-0.05, 0) is 24.1 Å². The molecule has 0 saturated heterocycles. The van der Waals surface area contributed by atoms with Crippen LogP contribution in [0.1, 0.15) is 12.0 Å².